The third-order valence-electron chi connectivity index (χ3n) is 9.04. The Morgan fingerprint density at radius 1 is 0.522 bits per heavy atom. The first-order chi connectivity index (χ1) is 22.8. The quantitative estimate of drug-likeness (QED) is 0.197. The standard InChI is InChI=1S/C42H30N4/c1-29-15-5-4-14-28-43-42(44(29)31-17-6-2-7-18-31)46-38-27-24-30-16-10-11-21-33(30)39(38)36-26-25-35-34-22-12-13-23-37(34)45(40(35)41(36)46)32-19-8-3-9-20-32/h2-27H,1,28H2/b14-4-,15-5-,43-42+. The van der Waals surface area contributed by atoms with Crippen LogP contribution in [0.5, 0.6) is 0 Å². The Bertz CT molecular complexity index is 2560. The molecule has 0 saturated carbocycles. The highest BCUT2D eigenvalue weighted by Crippen LogP contribution is 2.43. The highest BCUT2D eigenvalue weighted by atomic mass is 15.3. The largest absolute Gasteiger partial charge is 0.307 e. The molecule has 4 heteroatoms. The van der Waals surface area contributed by atoms with E-state index in [1.54, 1.807) is 0 Å². The summed E-state index contributed by atoms with van der Waals surface area (Å²) in [4.78, 5) is 7.53. The summed E-state index contributed by atoms with van der Waals surface area (Å²) in [5.41, 5.74) is 7.50. The molecule has 0 amide bonds. The number of hydrogen-bond acceptors (Lipinski definition) is 2. The van der Waals surface area contributed by atoms with E-state index in [9.17, 15) is 0 Å². The van der Waals surface area contributed by atoms with Gasteiger partial charge in [0.05, 0.1) is 28.6 Å². The molecule has 0 aliphatic carbocycles. The van der Waals surface area contributed by atoms with Gasteiger partial charge < -0.3 is 4.57 Å². The fourth-order valence-corrected chi connectivity index (χ4v) is 7.11. The van der Waals surface area contributed by atoms with Crippen LogP contribution in [-0.2, 0) is 0 Å². The number of fused-ring (bicyclic) bond motifs is 9. The zero-order valence-corrected chi connectivity index (χ0v) is 25.2. The maximum Gasteiger partial charge on any atom is 0.215 e. The van der Waals surface area contributed by atoms with Gasteiger partial charge in [0.15, 0.2) is 0 Å². The fraction of sp³-hybridized carbons (Fsp3) is 0.0238. The molecule has 8 aromatic rings. The van der Waals surface area contributed by atoms with Crippen molar-refractivity contribution in [3.05, 3.63) is 170 Å². The van der Waals surface area contributed by atoms with E-state index >= 15 is 0 Å². The second kappa shape index (κ2) is 10.5. The summed E-state index contributed by atoms with van der Waals surface area (Å²) in [6.07, 6.45) is 8.25. The van der Waals surface area contributed by atoms with Crippen LogP contribution in [0, 0.1) is 0 Å². The lowest BCUT2D eigenvalue weighted by Gasteiger charge is -2.28. The smallest absolute Gasteiger partial charge is 0.215 e. The van der Waals surface area contributed by atoms with Gasteiger partial charge in [-0.2, -0.15) is 0 Å². The molecule has 46 heavy (non-hydrogen) atoms. The number of nitrogens with zero attached hydrogens (tertiary/aromatic N) is 4. The molecular formula is C42H30N4. The zero-order chi connectivity index (χ0) is 30.6. The SMILES string of the molecule is C=C1/C=C\C=C/C/N=C(/n2c3ccc4ccccc4c3c3ccc4c5ccccc5n(-c5ccccc5)c4c32)N1c1ccccc1. The first kappa shape index (κ1) is 26.3. The van der Waals surface area contributed by atoms with Gasteiger partial charge in [-0.15, -0.1) is 0 Å². The molecule has 0 radical (unpaired) electrons. The lowest BCUT2D eigenvalue weighted by molar-refractivity contribution is 1.09. The minimum Gasteiger partial charge on any atom is -0.307 e. The van der Waals surface area contributed by atoms with Crippen molar-refractivity contribution < 1.29 is 0 Å². The Morgan fingerprint density at radius 2 is 1.20 bits per heavy atom. The van der Waals surface area contributed by atoms with E-state index in [2.05, 4.69) is 160 Å². The lowest BCUT2D eigenvalue weighted by atomic mass is 10.0. The third kappa shape index (κ3) is 3.90. The van der Waals surface area contributed by atoms with Gasteiger partial charge in [-0.05, 0) is 53.2 Å². The Labute approximate surface area is 266 Å². The molecule has 0 spiro atoms. The normalized spacial score (nSPS) is 16.5. The lowest BCUT2D eigenvalue weighted by Crippen LogP contribution is -2.35. The number of hydrogen-bond donors (Lipinski definition) is 0. The van der Waals surface area contributed by atoms with Gasteiger partial charge >= 0.3 is 0 Å². The van der Waals surface area contributed by atoms with Gasteiger partial charge in [0.1, 0.15) is 0 Å². The van der Waals surface area contributed by atoms with Crippen molar-refractivity contribution in [3.63, 3.8) is 0 Å². The molecule has 2 aromatic heterocycles. The van der Waals surface area contributed by atoms with Crippen molar-refractivity contribution in [2.24, 2.45) is 4.99 Å². The van der Waals surface area contributed by atoms with Crippen LogP contribution in [0.4, 0.5) is 5.69 Å². The summed E-state index contributed by atoms with van der Waals surface area (Å²) in [5.74, 6) is 0.806. The van der Waals surface area contributed by atoms with E-state index in [0.717, 1.165) is 39.6 Å². The van der Waals surface area contributed by atoms with Crippen molar-refractivity contribution >= 4 is 66.0 Å². The Morgan fingerprint density at radius 3 is 2.02 bits per heavy atom. The number of rotatable bonds is 2. The Balaban J connectivity index is 1.53. The minimum atomic E-state index is 0.530. The second-order valence-corrected chi connectivity index (χ2v) is 11.7. The number of para-hydroxylation sites is 3. The third-order valence-corrected chi connectivity index (χ3v) is 9.04. The second-order valence-electron chi connectivity index (χ2n) is 11.7. The summed E-state index contributed by atoms with van der Waals surface area (Å²) in [7, 11) is 0. The zero-order valence-electron chi connectivity index (χ0n) is 25.2. The summed E-state index contributed by atoms with van der Waals surface area (Å²) in [6, 6.07) is 47.6. The van der Waals surface area contributed by atoms with Gasteiger partial charge in [-0.1, -0.05) is 122 Å². The summed E-state index contributed by atoms with van der Waals surface area (Å²) in [5, 5.41) is 7.26. The van der Waals surface area contributed by atoms with Crippen molar-refractivity contribution in [1.82, 2.24) is 9.13 Å². The fourth-order valence-electron chi connectivity index (χ4n) is 7.11. The Hall–Kier alpha value is -6.13. The average molecular weight is 591 g/mol. The summed E-state index contributed by atoms with van der Waals surface area (Å²) < 4.78 is 4.80. The number of benzene rings is 6. The number of aliphatic imine (C=N–C) groups is 1. The van der Waals surface area contributed by atoms with Crippen LogP contribution in [0.25, 0.3) is 60.1 Å². The molecule has 0 fully saturated rings. The molecule has 0 N–H and O–H groups in total. The van der Waals surface area contributed by atoms with Crippen LogP contribution in [-0.4, -0.2) is 21.6 Å². The van der Waals surface area contributed by atoms with E-state index in [4.69, 9.17) is 4.99 Å². The number of allylic oxidation sites excluding steroid dienone is 3. The topological polar surface area (TPSA) is 25.5 Å². The van der Waals surface area contributed by atoms with Crippen molar-refractivity contribution in [3.8, 4) is 5.69 Å². The summed E-state index contributed by atoms with van der Waals surface area (Å²) in [6.45, 7) is 5.08. The molecule has 3 heterocycles. The van der Waals surface area contributed by atoms with Crippen molar-refractivity contribution in [2.45, 2.75) is 0 Å². The van der Waals surface area contributed by atoms with E-state index in [0.29, 0.717) is 6.54 Å². The molecule has 1 aliphatic heterocycles. The molecule has 1 aliphatic rings. The van der Waals surface area contributed by atoms with Crippen LogP contribution in [0.15, 0.2) is 175 Å². The molecule has 9 rings (SSSR count). The highest BCUT2D eigenvalue weighted by molar-refractivity contribution is 6.31. The molecule has 0 unspecified atom stereocenters. The number of anilines is 1. The van der Waals surface area contributed by atoms with Crippen LogP contribution < -0.4 is 4.90 Å². The molecule has 0 bridgehead atoms. The van der Waals surface area contributed by atoms with Crippen LogP contribution in [0.3, 0.4) is 0 Å². The van der Waals surface area contributed by atoms with Gasteiger partial charge in [-0.25, -0.2) is 4.99 Å². The first-order valence-corrected chi connectivity index (χ1v) is 15.7. The van der Waals surface area contributed by atoms with Gasteiger partial charge in [0, 0.05) is 38.6 Å². The minimum absolute atomic E-state index is 0.530. The monoisotopic (exact) mass is 590 g/mol. The molecule has 6 aromatic carbocycles. The van der Waals surface area contributed by atoms with Gasteiger partial charge in [0.2, 0.25) is 5.96 Å². The predicted octanol–water partition coefficient (Wildman–Crippen LogP) is 10.4. The first-order valence-electron chi connectivity index (χ1n) is 15.7. The van der Waals surface area contributed by atoms with Crippen LogP contribution in [0.1, 0.15) is 0 Å². The van der Waals surface area contributed by atoms with E-state index in [1.165, 1.54) is 37.8 Å². The van der Waals surface area contributed by atoms with Crippen molar-refractivity contribution in [2.75, 3.05) is 11.4 Å². The van der Waals surface area contributed by atoms with Crippen LogP contribution >= 0.6 is 0 Å². The predicted molar refractivity (Wildman–Crippen MR) is 195 cm³/mol. The Kier molecular flexibility index (Phi) is 6.00. The van der Waals surface area contributed by atoms with Crippen LogP contribution in [0.2, 0.25) is 0 Å². The molecule has 0 saturated heterocycles. The van der Waals surface area contributed by atoms with Crippen molar-refractivity contribution in [1.29, 1.82) is 0 Å². The summed E-state index contributed by atoms with van der Waals surface area (Å²) >= 11 is 0. The molecule has 0 atom stereocenters. The average Bonchev–Trinajstić information content (AvgIpc) is 3.65. The maximum atomic E-state index is 5.35. The highest BCUT2D eigenvalue weighted by Gasteiger charge is 2.27. The molecule has 4 nitrogen and oxygen atoms in total. The van der Waals surface area contributed by atoms with E-state index in [-0.39, 0.29) is 0 Å². The molecular weight excluding hydrogens is 560 g/mol. The maximum absolute atomic E-state index is 5.35. The number of aromatic nitrogens is 2. The van der Waals surface area contributed by atoms with E-state index < -0.39 is 0 Å². The van der Waals surface area contributed by atoms with Gasteiger partial charge in [0.25, 0.3) is 0 Å². The molecule has 218 valence electrons. The van der Waals surface area contributed by atoms with E-state index in [1.807, 2.05) is 18.2 Å². The van der Waals surface area contributed by atoms with Gasteiger partial charge in [-0.3, -0.25) is 9.47 Å².